The first-order valence-electron chi connectivity index (χ1n) is 7.24. The van der Waals surface area contributed by atoms with E-state index in [1.807, 2.05) is 38.1 Å². The number of aromatic nitrogens is 1. The summed E-state index contributed by atoms with van der Waals surface area (Å²) in [6.45, 7) is 3.87. The van der Waals surface area contributed by atoms with E-state index < -0.39 is 0 Å². The van der Waals surface area contributed by atoms with Crippen molar-refractivity contribution in [3.8, 4) is 5.75 Å². The fraction of sp³-hybridized carbons (Fsp3) is 0.250. The number of ether oxygens (including phenoxy) is 1. The van der Waals surface area contributed by atoms with E-state index in [-0.39, 0.29) is 23.4 Å². The highest BCUT2D eigenvalue weighted by Crippen LogP contribution is 2.31. The number of nitrogen functional groups attached to an aromatic ring is 2. The molecule has 0 radical (unpaired) electrons. The lowest BCUT2D eigenvalue weighted by atomic mass is 10.2. The van der Waals surface area contributed by atoms with E-state index in [9.17, 15) is 4.79 Å². The molecule has 0 atom stereocenters. The Morgan fingerprint density at radius 1 is 1.17 bits per heavy atom. The van der Waals surface area contributed by atoms with Gasteiger partial charge in [-0.1, -0.05) is 24.6 Å². The summed E-state index contributed by atoms with van der Waals surface area (Å²) in [5.74, 6) is -0.0856. The van der Waals surface area contributed by atoms with E-state index in [0.29, 0.717) is 24.2 Å². The molecule has 0 bridgehead atoms. The maximum absolute atomic E-state index is 11.6. The largest absolute Gasteiger partial charge is 0.422 e. The maximum Gasteiger partial charge on any atom is 0.311 e. The first-order chi connectivity index (χ1) is 11.0. The number of nitrogens with zero attached hydrogens (tertiary/aromatic N) is 3. The van der Waals surface area contributed by atoms with Gasteiger partial charge in [0.25, 0.3) is 0 Å². The zero-order valence-electron chi connectivity index (χ0n) is 13.1. The Bertz CT molecular complexity index is 726. The molecule has 4 N–H and O–H groups in total. The Kier molecular flexibility index (Phi) is 5.24. The van der Waals surface area contributed by atoms with Crippen LogP contribution in [-0.2, 0) is 4.79 Å². The number of anilines is 2. The first-order valence-corrected chi connectivity index (χ1v) is 7.24. The third-order valence-electron chi connectivity index (χ3n) is 3.01. The summed E-state index contributed by atoms with van der Waals surface area (Å²) in [5, 5.41) is 8.14. The van der Waals surface area contributed by atoms with Gasteiger partial charge in [-0.05, 0) is 25.5 Å². The van der Waals surface area contributed by atoms with E-state index in [1.54, 1.807) is 0 Å². The molecule has 0 unspecified atom stereocenters. The van der Waals surface area contributed by atoms with Crippen molar-refractivity contribution in [2.75, 3.05) is 11.5 Å². The molecule has 0 fully saturated rings. The molecule has 0 saturated heterocycles. The number of azo groups is 1. The summed E-state index contributed by atoms with van der Waals surface area (Å²) in [4.78, 5) is 15.5. The van der Waals surface area contributed by atoms with Gasteiger partial charge >= 0.3 is 5.97 Å². The van der Waals surface area contributed by atoms with Crippen molar-refractivity contribution in [1.29, 1.82) is 0 Å². The quantitative estimate of drug-likeness (QED) is 0.645. The van der Waals surface area contributed by atoms with Gasteiger partial charge in [0.2, 0.25) is 0 Å². The number of esters is 1. The normalized spacial score (nSPS) is 10.9. The molecule has 1 heterocycles. The fourth-order valence-electron chi connectivity index (χ4n) is 1.78. The molecule has 0 aliphatic rings. The monoisotopic (exact) mass is 313 g/mol. The third-order valence-corrected chi connectivity index (χ3v) is 3.01. The van der Waals surface area contributed by atoms with Crippen LogP contribution in [0.3, 0.4) is 0 Å². The summed E-state index contributed by atoms with van der Waals surface area (Å²) in [6, 6.07) is 8.99. The summed E-state index contributed by atoms with van der Waals surface area (Å²) in [6.07, 6.45) is 0.977. The zero-order chi connectivity index (χ0) is 16.8. The van der Waals surface area contributed by atoms with Gasteiger partial charge in [0.15, 0.2) is 17.4 Å². The number of hydrogen-bond donors (Lipinski definition) is 2. The summed E-state index contributed by atoms with van der Waals surface area (Å²) < 4.78 is 5.17. The molecule has 2 aromatic rings. The van der Waals surface area contributed by atoms with Crippen LogP contribution >= 0.6 is 0 Å². The lowest BCUT2D eigenvalue weighted by Crippen LogP contribution is -2.09. The predicted octanol–water partition coefficient (Wildman–Crippen LogP) is 3.68. The minimum absolute atomic E-state index is 0.0428. The van der Waals surface area contributed by atoms with Gasteiger partial charge in [0.1, 0.15) is 5.69 Å². The van der Waals surface area contributed by atoms with Crippen LogP contribution in [0.5, 0.6) is 5.75 Å². The molecule has 0 saturated carbocycles. The Morgan fingerprint density at radius 3 is 2.52 bits per heavy atom. The number of hydrogen-bond acceptors (Lipinski definition) is 7. The second kappa shape index (κ2) is 7.35. The number of benzene rings is 1. The second-order valence-electron chi connectivity index (χ2n) is 5.04. The maximum atomic E-state index is 11.6. The Morgan fingerprint density at radius 2 is 1.87 bits per heavy atom. The number of pyridine rings is 1. The highest BCUT2D eigenvalue weighted by Gasteiger charge is 2.12. The van der Waals surface area contributed by atoms with E-state index in [1.165, 1.54) is 6.07 Å². The van der Waals surface area contributed by atoms with Crippen LogP contribution < -0.4 is 16.2 Å². The van der Waals surface area contributed by atoms with Crippen LogP contribution in [0.2, 0.25) is 0 Å². The zero-order valence-corrected chi connectivity index (χ0v) is 13.1. The van der Waals surface area contributed by atoms with Crippen LogP contribution in [0.4, 0.5) is 23.0 Å². The smallest absolute Gasteiger partial charge is 0.311 e. The first kappa shape index (κ1) is 16.4. The van der Waals surface area contributed by atoms with E-state index in [0.717, 1.165) is 5.56 Å². The lowest BCUT2D eigenvalue weighted by Gasteiger charge is -2.08. The standard InChI is InChI=1S/C16H19N5O2/c1-3-4-14(22)23-13-9-12(15(17)19-16(13)18)21-20-11-7-5-10(2)6-8-11/h5-9H,3-4H2,1-2H3,(H4,17,18,19). The average molecular weight is 313 g/mol. The summed E-state index contributed by atoms with van der Waals surface area (Å²) >= 11 is 0. The van der Waals surface area contributed by atoms with Crippen LogP contribution in [0.1, 0.15) is 25.3 Å². The van der Waals surface area contributed by atoms with Gasteiger partial charge in [-0.15, -0.1) is 5.11 Å². The molecule has 7 heteroatoms. The van der Waals surface area contributed by atoms with Crippen molar-refractivity contribution in [1.82, 2.24) is 4.98 Å². The van der Waals surface area contributed by atoms with Crippen molar-refractivity contribution in [2.45, 2.75) is 26.7 Å². The van der Waals surface area contributed by atoms with Crippen molar-refractivity contribution < 1.29 is 9.53 Å². The molecule has 120 valence electrons. The Balaban J connectivity index is 2.24. The third kappa shape index (κ3) is 4.50. The molecule has 23 heavy (non-hydrogen) atoms. The van der Waals surface area contributed by atoms with Gasteiger partial charge in [-0.3, -0.25) is 4.79 Å². The molecule has 2 rings (SSSR count). The molecule has 1 aromatic carbocycles. The van der Waals surface area contributed by atoms with Crippen molar-refractivity contribution in [3.63, 3.8) is 0 Å². The number of carbonyl (C=O) groups excluding carboxylic acids is 1. The van der Waals surface area contributed by atoms with Crippen LogP contribution in [0.15, 0.2) is 40.6 Å². The molecular weight excluding hydrogens is 294 g/mol. The lowest BCUT2D eigenvalue weighted by molar-refractivity contribution is -0.134. The number of rotatable bonds is 5. The molecule has 1 aromatic heterocycles. The topological polar surface area (TPSA) is 116 Å². The minimum atomic E-state index is -0.382. The second-order valence-corrected chi connectivity index (χ2v) is 5.04. The van der Waals surface area contributed by atoms with Crippen LogP contribution in [-0.4, -0.2) is 11.0 Å². The van der Waals surface area contributed by atoms with E-state index >= 15 is 0 Å². The van der Waals surface area contributed by atoms with E-state index in [4.69, 9.17) is 16.2 Å². The molecule has 0 aliphatic heterocycles. The number of nitrogens with two attached hydrogens (primary N) is 2. The summed E-state index contributed by atoms with van der Waals surface area (Å²) in [5.41, 5.74) is 13.6. The molecule has 0 spiro atoms. The van der Waals surface area contributed by atoms with Gasteiger partial charge in [-0.25, -0.2) is 4.98 Å². The van der Waals surface area contributed by atoms with Gasteiger partial charge < -0.3 is 16.2 Å². The van der Waals surface area contributed by atoms with Crippen LogP contribution in [0.25, 0.3) is 0 Å². The highest BCUT2D eigenvalue weighted by atomic mass is 16.5. The molecular formula is C16H19N5O2. The SMILES string of the molecule is CCCC(=O)Oc1cc(N=Nc2ccc(C)cc2)c(N)nc1N. The van der Waals surface area contributed by atoms with Gasteiger partial charge in [-0.2, -0.15) is 5.11 Å². The van der Waals surface area contributed by atoms with Gasteiger partial charge in [0, 0.05) is 12.5 Å². The molecule has 0 aliphatic carbocycles. The van der Waals surface area contributed by atoms with Gasteiger partial charge in [0.05, 0.1) is 5.69 Å². The minimum Gasteiger partial charge on any atom is -0.422 e. The van der Waals surface area contributed by atoms with Crippen LogP contribution in [0, 0.1) is 6.92 Å². The molecule has 0 amide bonds. The predicted molar refractivity (Wildman–Crippen MR) is 89.0 cm³/mol. The number of aryl methyl sites for hydroxylation is 1. The van der Waals surface area contributed by atoms with Crippen molar-refractivity contribution in [3.05, 3.63) is 35.9 Å². The fourth-order valence-corrected chi connectivity index (χ4v) is 1.78. The van der Waals surface area contributed by atoms with Crippen molar-refractivity contribution in [2.24, 2.45) is 10.2 Å². The van der Waals surface area contributed by atoms with E-state index in [2.05, 4.69) is 15.2 Å². The average Bonchev–Trinajstić information content (AvgIpc) is 2.50. The number of carbonyl (C=O) groups is 1. The Labute approximate surface area is 134 Å². The molecule has 7 nitrogen and oxygen atoms in total. The van der Waals surface area contributed by atoms with Crippen molar-refractivity contribution >= 4 is 29.0 Å². The summed E-state index contributed by atoms with van der Waals surface area (Å²) in [7, 11) is 0. The Hall–Kier alpha value is -2.96. The highest BCUT2D eigenvalue weighted by molar-refractivity contribution is 5.76.